The first-order valence-corrected chi connectivity index (χ1v) is 6.64. The summed E-state index contributed by atoms with van der Waals surface area (Å²) in [6, 6.07) is 3.39. The number of amides is 1. The van der Waals surface area contributed by atoms with Crippen molar-refractivity contribution >= 4 is 5.91 Å². The number of carbonyl (C=O) groups excluding carboxylic acids is 1. The van der Waals surface area contributed by atoms with Crippen molar-refractivity contribution in [2.45, 2.75) is 31.4 Å². The average Bonchev–Trinajstić information content (AvgIpc) is 2.82. The maximum Gasteiger partial charge on any atom is 0.223 e. The van der Waals surface area contributed by atoms with Crippen LogP contribution in [0.1, 0.15) is 30.9 Å². The number of rotatable bonds is 4. The van der Waals surface area contributed by atoms with Crippen LogP contribution >= 0.6 is 0 Å². The predicted molar refractivity (Wildman–Crippen MR) is 69.6 cm³/mol. The molecular weight excluding hydrogens is 266 g/mol. The van der Waals surface area contributed by atoms with E-state index in [0.717, 1.165) is 18.6 Å². The third-order valence-electron chi connectivity index (χ3n) is 3.65. The van der Waals surface area contributed by atoms with E-state index in [4.69, 9.17) is 5.73 Å². The van der Waals surface area contributed by atoms with Crippen molar-refractivity contribution in [2.75, 3.05) is 6.54 Å². The normalized spacial score (nSPS) is 23.6. The molecule has 1 aliphatic carbocycles. The smallest absolute Gasteiger partial charge is 0.223 e. The Morgan fingerprint density at radius 3 is 2.60 bits per heavy atom. The van der Waals surface area contributed by atoms with E-state index in [-0.39, 0.29) is 24.4 Å². The van der Waals surface area contributed by atoms with Gasteiger partial charge in [0, 0.05) is 18.5 Å². The minimum atomic E-state index is -1.41. The van der Waals surface area contributed by atoms with Gasteiger partial charge in [0.2, 0.25) is 5.91 Å². The largest absolute Gasteiger partial charge is 0.386 e. The first-order chi connectivity index (χ1) is 9.49. The molecule has 0 unspecified atom stereocenters. The number of carbonyl (C=O) groups is 1. The number of benzene rings is 1. The monoisotopic (exact) mass is 284 g/mol. The molecule has 4 nitrogen and oxygen atoms in total. The molecule has 0 aromatic heterocycles. The third-order valence-corrected chi connectivity index (χ3v) is 3.65. The van der Waals surface area contributed by atoms with Crippen molar-refractivity contribution in [1.82, 2.24) is 5.32 Å². The first-order valence-electron chi connectivity index (χ1n) is 6.64. The molecule has 0 heterocycles. The minimum absolute atomic E-state index is 0.0275. The second-order valence-electron chi connectivity index (χ2n) is 5.17. The van der Waals surface area contributed by atoms with Crippen LogP contribution in [-0.2, 0) is 4.79 Å². The summed E-state index contributed by atoms with van der Waals surface area (Å²) in [5.74, 6) is -2.05. The summed E-state index contributed by atoms with van der Waals surface area (Å²) in [6.45, 7) is -0.220. The van der Waals surface area contributed by atoms with Gasteiger partial charge in [-0.15, -0.1) is 0 Å². The Balaban J connectivity index is 1.92. The van der Waals surface area contributed by atoms with Crippen LogP contribution in [0.4, 0.5) is 8.78 Å². The average molecular weight is 284 g/mol. The summed E-state index contributed by atoms with van der Waals surface area (Å²) in [5, 5.41) is 12.3. The van der Waals surface area contributed by atoms with Crippen LogP contribution in [0.25, 0.3) is 0 Å². The second-order valence-corrected chi connectivity index (χ2v) is 5.17. The Hall–Kier alpha value is -1.53. The van der Waals surface area contributed by atoms with Crippen LogP contribution in [0.5, 0.6) is 0 Å². The lowest BCUT2D eigenvalue weighted by molar-refractivity contribution is -0.125. The lowest BCUT2D eigenvalue weighted by atomic mass is 10.1. The summed E-state index contributed by atoms with van der Waals surface area (Å²) in [7, 11) is 0. The molecule has 0 saturated heterocycles. The van der Waals surface area contributed by atoms with E-state index in [2.05, 4.69) is 5.32 Å². The van der Waals surface area contributed by atoms with Gasteiger partial charge in [0.05, 0.1) is 5.56 Å². The van der Waals surface area contributed by atoms with Crippen molar-refractivity contribution < 1.29 is 18.7 Å². The van der Waals surface area contributed by atoms with E-state index in [1.165, 1.54) is 6.07 Å². The lowest BCUT2D eigenvalue weighted by Crippen LogP contribution is -2.34. The molecule has 1 aliphatic rings. The molecule has 110 valence electrons. The fraction of sp³-hybridized carbons (Fsp3) is 0.500. The Morgan fingerprint density at radius 2 is 2.05 bits per heavy atom. The zero-order valence-electron chi connectivity index (χ0n) is 11.0. The third kappa shape index (κ3) is 3.32. The Bertz CT molecular complexity index is 476. The van der Waals surface area contributed by atoms with E-state index in [1.54, 1.807) is 0 Å². The van der Waals surface area contributed by atoms with Crippen molar-refractivity contribution in [1.29, 1.82) is 0 Å². The highest BCUT2D eigenvalue weighted by Gasteiger charge is 2.28. The second kappa shape index (κ2) is 6.28. The summed E-state index contributed by atoms with van der Waals surface area (Å²) in [5.41, 5.74) is 5.30. The van der Waals surface area contributed by atoms with Gasteiger partial charge in [-0.25, -0.2) is 8.78 Å². The number of nitrogens with one attached hydrogen (secondary N) is 1. The van der Waals surface area contributed by atoms with Gasteiger partial charge in [-0.05, 0) is 31.4 Å². The van der Waals surface area contributed by atoms with Crippen molar-refractivity contribution in [2.24, 2.45) is 11.7 Å². The van der Waals surface area contributed by atoms with E-state index in [9.17, 15) is 18.7 Å². The Kier molecular flexibility index (Phi) is 4.67. The van der Waals surface area contributed by atoms with Gasteiger partial charge in [0.1, 0.15) is 17.7 Å². The molecule has 1 saturated carbocycles. The quantitative estimate of drug-likeness (QED) is 0.778. The molecule has 0 aliphatic heterocycles. The Labute approximate surface area is 116 Å². The summed E-state index contributed by atoms with van der Waals surface area (Å²) in [6.07, 6.45) is 0.700. The van der Waals surface area contributed by atoms with Crippen LogP contribution in [0.15, 0.2) is 18.2 Å². The van der Waals surface area contributed by atoms with Crippen molar-refractivity contribution in [3.8, 4) is 0 Å². The number of nitrogens with two attached hydrogens (primary N) is 1. The van der Waals surface area contributed by atoms with Crippen molar-refractivity contribution in [3.63, 3.8) is 0 Å². The van der Waals surface area contributed by atoms with E-state index < -0.39 is 23.3 Å². The number of aliphatic hydroxyl groups excluding tert-OH is 1. The number of halogens is 2. The highest BCUT2D eigenvalue weighted by molar-refractivity contribution is 5.79. The lowest BCUT2D eigenvalue weighted by Gasteiger charge is -2.16. The molecule has 1 amide bonds. The maximum absolute atomic E-state index is 13.4. The highest BCUT2D eigenvalue weighted by Crippen LogP contribution is 2.25. The molecule has 3 atom stereocenters. The van der Waals surface area contributed by atoms with Gasteiger partial charge in [-0.1, -0.05) is 6.07 Å². The molecule has 0 bridgehead atoms. The zero-order chi connectivity index (χ0) is 14.7. The summed E-state index contributed by atoms with van der Waals surface area (Å²) >= 11 is 0. The zero-order valence-corrected chi connectivity index (χ0v) is 11.0. The molecule has 0 spiro atoms. The van der Waals surface area contributed by atoms with E-state index in [1.807, 2.05) is 0 Å². The maximum atomic E-state index is 13.4. The van der Waals surface area contributed by atoms with E-state index >= 15 is 0 Å². The van der Waals surface area contributed by atoms with E-state index in [0.29, 0.717) is 12.8 Å². The fourth-order valence-corrected chi connectivity index (χ4v) is 2.53. The van der Waals surface area contributed by atoms with Crippen LogP contribution in [0.3, 0.4) is 0 Å². The van der Waals surface area contributed by atoms with Gasteiger partial charge >= 0.3 is 0 Å². The molecule has 1 aromatic carbocycles. The van der Waals surface area contributed by atoms with Gasteiger partial charge in [0.25, 0.3) is 0 Å². The molecule has 0 radical (unpaired) electrons. The molecule has 20 heavy (non-hydrogen) atoms. The SMILES string of the molecule is N[C@@H]1CC[C@H](C(=O)NC[C@H](O)c2c(F)cccc2F)C1. The molecule has 4 N–H and O–H groups in total. The topological polar surface area (TPSA) is 75.4 Å². The van der Waals surface area contributed by atoms with Crippen LogP contribution in [0.2, 0.25) is 0 Å². The summed E-state index contributed by atoms with van der Waals surface area (Å²) in [4.78, 5) is 11.8. The molecular formula is C14H18F2N2O2. The predicted octanol–water partition coefficient (Wildman–Crippen LogP) is 1.24. The number of hydrogen-bond donors (Lipinski definition) is 3. The molecule has 1 aromatic rings. The van der Waals surface area contributed by atoms with Crippen LogP contribution in [-0.4, -0.2) is 23.6 Å². The Morgan fingerprint density at radius 1 is 1.40 bits per heavy atom. The van der Waals surface area contributed by atoms with Gasteiger partial charge < -0.3 is 16.2 Å². The number of hydrogen-bond acceptors (Lipinski definition) is 3. The van der Waals surface area contributed by atoms with Gasteiger partial charge in [0.15, 0.2) is 0 Å². The van der Waals surface area contributed by atoms with Crippen LogP contribution < -0.4 is 11.1 Å². The molecule has 1 fully saturated rings. The van der Waals surface area contributed by atoms with Gasteiger partial charge in [-0.3, -0.25) is 4.79 Å². The standard InChI is InChI=1S/C14H18F2N2O2/c15-10-2-1-3-11(16)13(10)12(19)7-18-14(20)8-4-5-9(17)6-8/h1-3,8-9,12,19H,4-7,17H2,(H,18,20)/t8-,9+,12-/m0/s1. The van der Waals surface area contributed by atoms with Crippen molar-refractivity contribution in [3.05, 3.63) is 35.4 Å². The molecule has 2 rings (SSSR count). The highest BCUT2D eigenvalue weighted by atomic mass is 19.1. The molecule has 6 heteroatoms. The fourth-order valence-electron chi connectivity index (χ4n) is 2.53. The van der Waals surface area contributed by atoms with Gasteiger partial charge in [-0.2, -0.15) is 0 Å². The number of aliphatic hydroxyl groups is 1. The summed E-state index contributed by atoms with van der Waals surface area (Å²) < 4.78 is 26.9. The van der Waals surface area contributed by atoms with Crippen LogP contribution in [0, 0.1) is 17.6 Å². The first kappa shape index (κ1) is 14.9. The minimum Gasteiger partial charge on any atom is -0.386 e.